The summed E-state index contributed by atoms with van der Waals surface area (Å²) < 4.78 is 0. The molecular formula is C16H22N2O2. The lowest BCUT2D eigenvalue weighted by Crippen LogP contribution is -2.68. The first-order valence-electron chi connectivity index (χ1n) is 7.19. The van der Waals surface area contributed by atoms with E-state index in [2.05, 4.69) is 5.32 Å². The van der Waals surface area contributed by atoms with Crippen LogP contribution in [0.2, 0.25) is 0 Å². The van der Waals surface area contributed by atoms with Gasteiger partial charge in [-0.1, -0.05) is 44.2 Å². The molecule has 1 fully saturated rings. The molecule has 1 aliphatic heterocycles. The lowest BCUT2D eigenvalue weighted by molar-refractivity contribution is -0.155. The summed E-state index contributed by atoms with van der Waals surface area (Å²) >= 11 is 0. The molecule has 4 nitrogen and oxygen atoms in total. The Morgan fingerprint density at radius 3 is 2.40 bits per heavy atom. The molecule has 1 heterocycles. The molecule has 1 aromatic carbocycles. The Labute approximate surface area is 120 Å². The summed E-state index contributed by atoms with van der Waals surface area (Å²) in [5, 5.41) is 2.88. The molecule has 1 aliphatic rings. The maximum Gasteiger partial charge on any atom is 0.249 e. The maximum atomic E-state index is 12.7. The third kappa shape index (κ3) is 2.55. The number of piperazine rings is 1. The summed E-state index contributed by atoms with van der Waals surface area (Å²) in [5.74, 6) is -0.0392. The fourth-order valence-electron chi connectivity index (χ4n) is 2.62. The minimum atomic E-state index is -0.780. The fraction of sp³-hybridized carbons (Fsp3) is 0.500. The van der Waals surface area contributed by atoms with Crippen molar-refractivity contribution in [2.45, 2.75) is 51.7 Å². The summed E-state index contributed by atoms with van der Waals surface area (Å²) in [6.45, 7) is 6.15. The predicted octanol–water partition coefficient (Wildman–Crippen LogP) is 2.09. The van der Waals surface area contributed by atoms with Gasteiger partial charge in [-0.15, -0.1) is 0 Å². The number of benzene rings is 1. The van der Waals surface area contributed by atoms with Crippen molar-refractivity contribution in [1.82, 2.24) is 10.2 Å². The molecule has 0 aliphatic carbocycles. The Bertz CT molecular complexity index is 500. The quantitative estimate of drug-likeness (QED) is 0.914. The second-order valence-electron chi connectivity index (χ2n) is 5.52. The topological polar surface area (TPSA) is 49.4 Å². The molecule has 20 heavy (non-hydrogen) atoms. The van der Waals surface area contributed by atoms with Gasteiger partial charge in [0, 0.05) is 6.54 Å². The van der Waals surface area contributed by atoms with E-state index in [1.54, 1.807) is 11.8 Å². The molecule has 0 saturated carbocycles. The summed E-state index contributed by atoms with van der Waals surface area (Å²) in [5.41, 5.74) is 0.268. The van der Waals surface area contributed by atoms with E-state index in [1.165, 1.54) is 0 Å². The van der Waals surface area contributed by atoms with Gasteiger partial charge in [-0.25, -0.2) is 0 Å². The predicted molar refractivity (Wildman–Crippen MR) is 77.9 cm³/mol. The minimum absolute atomic E-state index is 0.00954. The van der Waals surface area contributed by atoms with Crippen molar-refractivity contribution in [2.75, 3.05) is 0 Å². The first-order valence-corrected chi connectivity index (χ1v) is 7.19. The molecule has 0 aromatic heterocycles. The monoisotopic (exact) mass is 274 g/mol. The first kappa shape index (κ1) is 14.6. The molecule has 0 bridgehead atoms. The normalized spacial score (nSPS) is 26.6. The second-order valence-corrected chi connectivity index (χ2v) is 5.52. The average Bonchev–Trinajstić information content (AvgIpc) is 2.46. The summed E-state index contributed by atoms with van der Waals surface area (Å²) in [6.07, 6.45) is 1.23. The van der Waals surface area contributed by atoms with Crippen LogP contribution in [0.1, 0.15) is 39.2 Å². The van der Waals surface area contributed by atoms with Crippen LogP contribution in [0.5, 0.6) is 0 Å². The lowest BCUT2D eigenvalue weighted by Gasteiger charge is -2.44. The van der Waals surface area contributed by atoms with E-state index < -0.39 is 5.54 Å². The summed E-state index contributed by atoms with van der Waals surface area (Å²) in [7, 11) is 0. The van der Waals surface area contributed by atoms with Crippen molar-refractivity contribution in [1.29, 1.82) is 0 Å². The number of amides is 2. The molecule has 2 unspecified atom stereocenters. The van der Waals surface area contributed by atoms with Gasteiger partial charge < -0.3 is 10.2 Å². The van der Waals surface area contributed by atoms with Crippen LogP contribution in [0.15, 0.2) is 30.3 Å². The van der Waals surface area contributed by atoms with Crippen LogP contribution in [0, 0.1) is 0 Å². The zero-order valence-corrected chi connectivity index (χ0v) is 12.3. The van der Waals surface area contributed by atoms with Crippen LogP contribution >= 0.6 is 0 Å². The number of rotatable bonds is 4. The maximum absolute atomic E-state index is 12.7. The number of hydrogen-bond acceptors (Lipinski definition) is 2. The van der Waals surface area contributed by atoms with E-state index in [-0.39, 0.29) is 17.9 Å². The van der Waals surface area contributed by atoms with Crippen molar-refractivity contribution in [2.24, 2.45) is 0 Å². The van der Waals surface area contributed by atoms with Gasteiger partial charge in [0.1, 0.15) is 11.6 Å². The zero-order chi connectivity index (χ0) is 14.8. The van der Waals surface area contributed by atoms with Crippen LogP contribution in [0.3, 0.4) is 0 Å². The van der Waals surface area contributed by atoms with Crippen molar-refractivity contribution in [3.8, 4) is 0 Å². The van der Waals surface area contributed by atoms with Crippen LogP contribution in [-0.4, -0.2) is 28.3 Å². The van der Waals surface area contributed by atoms with Gasteiger partial charge in [-0.2, -0.15) is 0 Å². The number of nitrogens with zero attached hydrogens (tertiary/aromatic N) is 1. The number of nitrogens with one attached hydrogen (secondary N) is 1. The molecule has 0 radical (unpaired) electrons. The Morgan fingerprint density at radius 2 is 1.85 bits per heavy atom. The Balaban J connectivity index is 2.30. The van der Waals surface area contributed by atoms with Crippen LogP contribution in [0.4, 0.5) is 0 Å². The highest BCUT2D eigenvalue weighted by atomic mass is 16.2. The number of carbonyl (C=O) groups is 2. The molecule has 108 valence electrons. The first-order chi connectivity index (χ1) is 9.51. The van der Waals surface area contributed by atoms with Crippen LogP contribution in [0.25, 0.3) is 0 Å². The largest absolute Gasteiger partial charge is 0.340 e. The Morgan fingerprint density at radius 1 is 1.20 bits per heavy atom. The Kier molecular flexibility index (Phi) is 4.12. The van der Waals surface area contributed by atoms with E-state index in [0.29, 0.717) is 19.4 Å². The van der Waals surface area contributed by atoms with Crippen LogP contribution in [-0.2, 0) is 16.1 Å². The van der Waals surface area contributed by atoms with E-state index in [0.717, 1.165) is 5.56 Å². The van der Waals surface area contributed by atoms with Crippen molar-refractivity contribution in [3.05, 3.63) is 35.9 Å². The minimum Gasteiger partial charge on any atom is -0.340 e. The zero-order valence-electron chi connectivity index (χ0n) is 12.3. The summed E-state index contributed by atoms with van der Waals surface area (Å²) in [6, 6.07) is 9.43. The van der Waals surface area contributed by atoms with E-state index >= 15 is 0 Å². The van der Waals surface area contributed by atoms with E-state index in [1.807, 2.05) is 44.2 Å². The standard InChI is InChI=1S/C16H22N2O2/c1-4-13-14(19)17-16(3,5-2)15(20)18(13)11-12-9-7-6-8-10-12/h6-10,13H,4-5,11H2,1-3H3,(H,17,19). The molecule has 1 aromatic rings. The highest BCUT2D eigenvalue weighted by molar-refractivity contribution is 5.99. The van der Waals surface area contributed by atoms with Crippen molar-refractivity contribution in [3.63, 3.8) is 0 Å². The third-order valence-electron chi connectivity index (χ3n) is 4.10. The molecule has 1 N–H and O–H groups in total. The fourth-order valence-corrected chi connectivity index (χ4v) is 2.62. The van der Waals surface area contributed by atoms with Gasteiger partial charge in [-0.3, -0.25) is 9.59 Å². The summed E-state index contributed by atoms with van der Waals surface area (Å²) in [4.78, 5) is 26.7. The van der Waals surface area contributed by atoms with Crippen LogP contribution < -0.4 is 5.32 Å². The van der Waals surface area contributed by atoms with Gasteiger partial charge in [-0.05, 0) is 25.3 Å². The van der Waals surface area contributed by atoms with E-state index in [4.69, 9.17) is 0 Å². The molecule has 2 amide bonds. The highest BCUT2D eigenvalue weighted by Gasteiger charge is 2.46. The number of carbonyl (C=O) groups excluding carboxylic acids is 2. The molecule has 2 rings (SSSR count). The second kappa shape index (κ2) is 5.65. The Hall–Kier alpha value is -1.84. The van der Waals surface area contributed by atoms with Crippen molar-refractivity contribution >= 4 is 11.8 Å². The van der Waals surface area contributed by atoms with Gasteiger partial charge in [0.15, 0.2) is 0 Å². The van der Waals surface area contributed by atoms with Gasteiger partial charge in [0.2, 0.25) is 11.8 Å². The molecule has 1 saturated heterocycles. The SMILES string of the molecule is CCC1C(=O)NC(C)(CC)C(=O)N1Cc1ccccc1. The van der Waals surface area contributed by atoms with Gasteiger partial charge in [0.25, 0.3) is 0 Å². The average molecular weight is 274 g/mol. The van der Waals surface area contributed by atoms with Crippen molar-refractivity contribution < 1.29 is 9.59 Å². The molecular weight excluding hydrogens is 252 g/mol. The smallest absolute Gasteiger partial charge is 0.249 e. The molecule has 2 atom stereocenters. The molecule has 4 heteroatoms. The number of hydrogen-bond donors (Lipinski definition) is 1. The van der Waals surface area contributed by atoms with E-state index in [9.17, 15) is 9.59 Å². The highest BCUT2D eigenvalue weighted by Crippen LogP contribution is 2.24. The van der Waals surface area contributed by atoms with Gasteiger partial charge >= 0.3 is 0 Å². The molecule has 0 spiro atoms. The lowest BCUT2D eigenvalue weighted by atomic mass is 9.91. The van der Waals surface area contributed by atoms with Gasteiger partial charge in [0.05, 0.1) is 0 Å². The third-order valence-corrected chi connectivity index (χ3v) is 4.10.